The smallest absolute Gasteiger partial charge is 0.246 e. The van der Waals surface area contributed by atoms with Crippen molar-refractivity contribution < 1.29 is 14.6 Å². The molecule has 2 atom stereocenters. The molecule has 0 bridgehead atoms. The second-order valence-electron chi connectivity index (χ2n) is 10.5. The number of aliphatic hydroxyl groups excluding tert-OH is 1. The molecule has 2 aromatic carbocycles. The maximum absolute atomic E-state index is 11.9. The van der Waals surface area contributed by atoms with Gasteiger partial charge in [0.15, 0.2) is 0 Å². The fourth-order valence-electron chi connectivity index (χ4n) is 5.74. The first-order chi connectivity index (χ1) is 19.9. The van der Waals surface area contributed by atoms with E-state index in [0.717, 1.165) is 58.9 Å². The van der Waals surface area contributed by atoms with E-state index in [1.165, 1.54) is 12.4 Å². The molecule has 4 heterocycles. The van der Waals surface area contributed by atoms with Crippen LogP contribution in [0, 0.1) is 17.8 Å². The minimum absolute atomic E-state index is 0.0294. The van der Waals surface area contributed by atoms with Crippen molar-refractivity contribution in [2.75, 3.05) is 31.9 Å². The zero-order chi connectivity index (χ0) is 28.5. The average Bonchev–Trinajstić information content (AvgIpc) is 3.25. The summed E-state index contributed by atoms with van der Waals surface area (Å²) in [6, 6.07) is 17.6. The van der Waals surface area contributed by atoms with Gasteiger partial charge in [-0.3, -0.25) is 9.69 Å². The molecule has 0 aliphatic carbocycles. The minimum atomic E-state index is -0.582. The second kappa shape index (κ2) is 11.1. The van der Waals surface area contributed by atoms with Crippen LogP contribution in [0.2, 0.25) is 0 Å². The zero-order valence-corrected chi connectivity index (χ0v) is 22.9. The predicted octanol–water partition coefficient (Wildman–Crippen LogP) is 3.44. The van der Waals surface area contributed by atoms with Crippen LogP contribution in [0.25, 0.3) is 22.2 Å². The third-order valence-corrected chi connectivity index (χ3v) is 7.92. The number of β-amino-alcohol motifs (C(OH)–C–C–N with tert-alkyl or cyclic N) is 1. The molecule has 0 unspecified atom stereocenters. The van der Waals surface area contributed by atoms with Crippen LogP contribution >= 0.6 is 0 Å². The zero-order valence-electron chi connectivity index (χ0n) is 22.9. The number of anilines is 1. The molecule has 6 rings (SSSR count). The molecule has 1 amide bonds. The van der Waals surface area contributed by atoms with Crippen LogP contribution in [-0.4, -0.2) is 73.7 Å². The van der Waals surface area contributed by atoms with Crippen molar-refractivity contribution in [3.63, 3.8) is 0 Å². The lowest BCUT2D eigenvalue weighted by Gasteiger charge is -2.47. The number of carbonyl (C=O) groups excluding carboxylic acids is 1. The standard InChI is InChI=1S/C32H32N6O3/c1-3-28(40)37-16-15-25(27(39)19-37)38-17-21(18-38)9-14-26-29(30-31(33)34-20-35-32(30)36(26)2)22-10-12-24(13-11-22)41-23-7-5-4-6-8-23/h3-8,10-13,20-21,25,27,39H,1,15-19H2,2H3,(H2,33,34,35)/t25-,27+/m0/s1. The van der Waals surface area contributed by atoms with E-state index in [1.807, 2.05) is 66.2 Å². The Hall–Kier alpha value is -4.65. The van der Waals surface area contributed by atoms with Crippen molar-refractivity contribution in [3.05, 3.63) is 79.3 Å². The second-order valence-corrected chi connectivity index (χ2v) is 10.5. The van der Waals surface area contributed by atoms with Crippen LogP contribution in [-0.2, 0) is 11.8 Å². The van der Waals surface area contributed by atoms with Crippen LogP contribution < -0.4 is 10.5 Å². The van der Waals surface area contributed by atoms with Crippen molar-refractivity contribution in [1.29, 1.82) is 0 Å². The Morgan fingerprint density at radius 3 is 2.54 bits per heavy atom. The molecule has 9 heteroatoms. The Balaban J connectivity index is 1.23. The summed E-state index contributed by atoms with van der Waals surface area (Å²) in [7, 11) is 1.94. The van der Waals surface area contributed by atoms with Crippen LogP contribution in [0.1, 0.15) is 12.1 Å². The van der Waals surface area contributed by atoms with E-state index in [1.54, 1.807) is 4.90 Å². The molecule has 0 saturated carbocycles. The topological polar surface area (TPSA) is 110 Å². The lowest BCUT2D eigenvalue weighted by Crippen LogP contribution is -2.61. The molecule has 3 N–H and O–H groups in total. The largest absolute Gasteiger partial charge is 0.457 e. The van der Waals surface area contributed by atoms with E-state index in [4.69, 9.17) is 10.5 Å². The first-order valence-corrected chi connectivity index (χ1v) is 13.7. The molecule has 2 aliphatic rings. The van der Waals surface area contributed by atoms with Gasteiger partial charge >= 0.3 is 0 Å². The number of likely N-dealkylation sites (tertiary alicyclic amines) is 2. The summed E-state index contributed by atoms with van der Waals surface area (Å²) in [6.45, 7) is 6.05. The van der Waals surface area contributed by atoms with E-state index in [2.05, 4.69) is 33.3 Å². The molecule has 2 aliphatic heterocycles. The Morgan fingerprint density at radius 2 is 1.83 bits per heavy atom. The Morgan fingerprint density at radius 1 is 1.10 bits per heavy atom. The monoisotopic (exact) mass is 548 g/mol. The lowest BCUT2D eigenvalue weighted by molar-refractivity contribution is -0.132. The summed E-state index contributed by atoms with van der Waals surface area (Å²) >= 11 is 0. The van der Waals surface area contributed by atoms with Crippen molar-refractivity contribution in [3.8, 4) is 34.5 Å². The number of nitrogens with two attached hydrogens (primary N) is 1. The van der Waals surface area contributed by atoms with Crippen LogP contribution in [0.4, 0.5) is 5.82 Å². The van der Waals surface area contributed by atoms with Gasteiger partial charge in [-0.05, 0) is 48.2 Å². The highest BCUT2D eigenvalue weighted by molar-refractivity contribution is 6.03. The fraction of sp³-hybridized carbons (Fsp3) is 0.281. The lowest BCUT2D eigenvalue weighted by atomic mass is 9.91. The number of hydrogen-bond acceptors (Lipinski definition) is 7. The Kier molecular flexibility index (Phi) is 7.18. The van der Waals surface area contributed by atoms with Crippen molar-refractivity contribution >= 4 is 22.8 Å². The SMILES string of the molecule is C=CC(=O)N1CC[C@H](N2CC(C#Cc3c(-c4ccc(Oc5ccccc5)cc4)c4c(N)ncnc4n3C)C2)[C@H](O)C1. The summed E-state index contributed by atoms with van der Waals surface area (Å²) in [6.07, 6.45) is 2.92. The summed E-state index contributed by atoms with van der Waals surface area (Å²) in [5.74, 6) is 8.81. The first-order valence-electron chi connectivity index (χ1n) is 13.7. The molecule has 0 radical (unpaired) electrons. The van der Waals surface area contributed by atoms with Crippen molar-refractivity contribution in [2.24, 2.45) is 13.0 Å². The molecule has 0 spiro atoms. The van der Waals surface area contributed by atoms with Gasteiger partial charge in [-0.15, -0.1) is 0 Å². The molecule has 208 valence electrons. The molecule has 2 saturated heterocycles. The summed E-state index contributed by atoms with van der Waals surface area (Å²) in [5, 5.41) is 11.5. The van der Waals surface area contributed by atoms with Gasteiger partial charge in [0.05, 0.1) is 11.5 Å². The number of nitrogens with zero attached hydrogens (tertiary/aromatic N) is 5. The van der Waals surface area contributed by atoms with Gasteiger partial charge < -0.3 is 25.0 Å². The Bertz CT molecular complexity index is 1650. The van der Waals surface area contributed by atoms with Crippen LogP contribution in [0.3, 0.4) is 0 Å². The molecule has 41 heavy (non-hydrogen) atoms. The predicted molar refractivity (Wildman–Crippen MR) is 158 cm³/mol. The van der Waals surface area contributed by atoms with E-state index >= 15 is 0 Å². The van der Waals surface area contributed by atoms with E-state index in [-0.39, 0.29) is 17.9 Å². The van der Waals surface area contributed by atoms with Crippen molar-refractivity contribution in [1.82, 2.24) is 24.3 Å². The fourth-order valence-corrected chi connectivity index (χ4v) is 5.74. The quantitative estimate of drug-likeness (QED) is 0.290. The third kappa shape index (κ3) is 5.15. The summed E-state index contributed by atoms with van der Waals surface area (Å²) in [5.41, 5.74) is 9.74. The normalized spacial score (nSPS) is 19.3. The number of amides is 1. The number of hydrogen-bond donors (Lipinski definition) is 2. The van der Waals surface area contributed by atoms with Crippen molar-refractivity contribution in [2.45, 2.75) is 18.6 Å². The third-order valence-electron chi connectivity index (χ3n) is 7.92. The Labute approximate surface area is 238 Å². The maximum Gasteiger partial charge on any atom is 0.246 e. The summed E-state index contributed by atoms with van der Waals surface area (Å²) in [4.78, 5) is 24.6. The maximum atomic E-state index is 11.9. The van der Waals surface area contributed by atoms with Gasteiger partial charge in [-0.25, -0.2) is 9.97 Å². The molecule has 2 fully saturated rings. The number of aromatic nitrogens is 3. The minimum Gasteiger partial charge on any atom is -0.457 e. The van der Waals surface area contributed by atoms with Gasteiger partial charge in [0.2, 0.25) is 5.91 Å². The highest BCUT2D eigenvalue weighted by atomic mass is 16.5. The molecule has 9 nitrogen and oxygen atoms in total. The molecule has 2 aromatic heterocycles. The number of benzene rings is 2. The number of nitrogen functional groups attached to an aromatic ring is 1. The highest BCUT2D eigenvalue weighted by Crippen LogP contribution is 2.37. The number of piperidine rings is 1. The van der Waals surface area contributed by atoms with Gasteiger partial charge in [0.1, 0.15) is 35.0 Å². The number of fused-ring (bicyclic) bond motifs is 1. The van der Waals surface area contributed by atoms with Gasteiger partial charge in [-0.2, -0.15) is 0 Å². The number of ether oxygens (including phenoxy) is 1. The number of para-hydroxylation sites is 1. The first kappa shape index (κ1) is 26.6. The van der Waals surface area contributed by atoms with Crippen LogP contribution in [0.15, 0.2) is 73.6 Å². The van der Waals surface area contributed by atoms with Gasteiger partial charge in [-0.1, -0.05) is 42.8 Å². The molecular formula is C32H32N6O3. The number of aryl methyl sites for hydroxylation is 1. The molecular weight excluding hydrogens is 516 g/mol. The van der Waals surface area contributed by atoms with Gasteiger partial charge in [0.25, 0.3) is 0 Å². The number of rotatable bonds is 5. The van der Waals surface area contributed by atoms with Gasteiger partial charge in [0, 0.05) is 50.7 Å². The number of aliphatic hydroxyl groups is 1. The van der Waals surface area contributed by atoms with E-state index in [9.17, 15) is 9.90 Å². The average molecular weight is 549 g/mol. The van der Waals surface area contributed by atoms with Crippen LogP contribution in [0.5, 0.6) is 11.5 Å². The van der Waals surface area contributed by atoms with E-state index < -0.39 is 6.10 Å². The summed E-state index contributed by atoms with van der Waals surface area (Å²) < 4.78 is 7.95. The van der Waals surface area contributed by atoms with E-state index in [0.29, 0.717) is 18.9 Å². The highest BCUT2D eigenvalue weighted by Gasteiger charge is 2.38. The molecule has 4 aromatic rings. The number of carbonyl (C=O) groups is 1.